The third-order valence-corrected chi connectivity index (χ3v) is 8.27. The van der Waals surface area contributed by atoms with Crippen molar-refractivity contribution >= 4 is 32.5 Å². The summed E-state index contributed by atoms with van der Waals surface area (Å²) in [6.07, 6.45) is 0.946. The van der Waals surface area contributed by atoms with Crippen molar-refractivity contribution < 1.29 is 18.0 Å². The molecule has 1 amide bonds. The van der Waals surface area contributed by atoms with E-state index in [1.807, 2.05) is 25.1 Å². The van der Waals surface area contributed by atoms with Gasteiger partial charge in [0.15, 0.2) is 5.78 Å². The Morgan fingerprint density at radius 1 is 0.939 bits per heavy atom. The van der Waals surface area contributed by atoms with Gasteiger partial charge >= 0.3 is 0 Å². The lowest BCUT2D eigenvalue weighted by Crippen LogP contribution is -2.43. The first kappa shape index (κ1) is 23.1. The average molecular weight is 465 g/mol. The van der Waals surface area contributed by atoms with E-state index in [1.165, 1.54) is 35.5 Å². The van der Waals surface area contributed by atoms with Gasteiger partial charge in [-0.1, -0.05) is 48.5 Å². The maximum Gasteiger partial charge on any atom is 0.243 e. The van der Waals surface area contributed by atoms with E-state index >= 15 is 0 Å². The summed E-state index contributed by atoms with van der Waals surface area (Å²) >= 11 is 0. The van der Waals surface area contributed by atoms with Crippen LogP contribution in [0.2, 0.25) is 0 Å². The molecule has 33 heavy (non-hydrogen) atoms. The van der Waals surface area contributed by atoms with Gasteiger partial charge in [-0.05, 0) is 61.2 Å². The van der Waals surface area contributed by atoms with Crippen LogP contribution in [-0.4, -0.2) is 37.5 Å². The number of carbonyl (C=O) groups is 2. The van der Waals surface area contributed by atoms with Crippen molar-refractivity contribution in [2.45, 2.75) is 37.6 Å². The minimum absolute atomic E-state index is 0.0430. The zero-order valence-electron chi connectivity index (χ0n) is 18.8. The van der Waals surface area contributed by atoms with Crippen LogP contribution in [0.15, 0.2) is 71.6 Å². The molecule has 0 bridgehead atoms. The summed E-state index contributed by atoms with van der Waals surface area (Å²) in [6.45, 7) is 3.99. The normalized spacial score (nSPS) is 16.4. The number of piperidine rings is 1. The Morgan fingerprint density at radius 2 is 1.58 bits per heavy atom. The van der Waals surface area contributed by atoms with Crippen molar-refractivity contribution in [3.8, 4) is 0 Å². The molecule has 1 atom stereocenters. The minimum atomic E-state index is -3.65. The molecule has 0 aliphatic carbocycles. The standard InChI is InChI=1S/C26H28N2O4S/c1-18(23-8-7-21-5-3-4-6-24(21)17-23)27-26(30)22-13-15-28(16-14-22)33(31,32)25-11-9-20(10-12-25)19(2)29/h3-12,17-18,22H,13-16H2,1-2H3,(H,27,30)/t18-/m0/s1. The number of rotatable bonds is 6. The van der Waals surface area contributed by atoms with E-state index < -0.39 is 10.0 Å². The van der Waals surface area contributed by atoms with Gasteiger partial charge in [-0.2, -0.15) is 4.31 Å². The number of Topliss-reactive ketones (excluding diaryl/α,β-unsaturated/α-hetero) is 1. The molecular weight excluding hydrogens is 436 g/mol. The second-order valence-corrected chi connectivity index (χ2v) is 10.5. The largest absolute Gasteiger partial charge is 0.349 e. The van der Waals surface area contributed by atoms with Crippen molar-refractivity contribution in [3.05, 3.63) is 77.9 Å². The van der Waals surface area contributed by atoms with Crippen LogP contribution >= 0.6 is 0 Å². The molecule has 7 heteroatoms. The van der Waals surface area contributed by atoms with Gasteiger partial charge in [-0.15, -0.1) is 0 Å². The highest BCUT2D eigenvalue weighted by atomic mass is 32.2. The van der Waals surface area contributed by atoms with Crippen LogP contribution in [0.3, 0.4) is 0 Å². The van der Waals surface area contributed by atoms with E-state index in [4.69, 9.17) is 0 Å². The van der Waals surface area contributed by atoms with Crippen molar-refractivity contribution in [3.63, 3.8) is 0 Å². The van der Waals surface area contributed by atoms with Gasteiger partial charge in [0.05, 0.1) is 10.9 Å². The number of ketones is 1. The zero-order valence-corrected chi connectivity index (χ0v) is 19.6. The van der Waals surface area contributed by atoms with Crippen LogP contribution in [0.4, 0.5) is 0 Å². The van der Waals surface area contributed by atoms with Crippen LogP contribution in [0.25, 0.3) is 10.8 Å². The molecule has 0 aromatic heterocycles. The monoisotopic (exact) mass is 464 g/mol. The second kappa shape index (κ2) is 9.45. The molecule has 1 saturated heterocycles. The number of nitrogens with one attached hydrogen (secondary N) is 1. The van der Waals surface area contributed by atoms with E-state index in [0.717, 1.165) is 16.3 Å². The molecule has 4 rings (SSSR count). The number of hydrogen-bond donors (Lipinski definition) is 1. The van der Waals surface area contributed by atoms with Crippen LogP contribution in [0, 0.1) is 5.92 Å². The Kier molecular flexibility index (Phi) is 6.63. The lowest BCUT2D eigenvalue weighted by atomic mass is 9.96. The highest BCUT2D eigenvalue weighted by Gasteiger charge is 2.32. The smallest absolute Gasteiger partial charge is 0.243 e. The van der Waals surface area contributed by atoms with Gasteiger partial charge in [0.2, 0.25) is 15.9 Å². The number of hydrogen-bond acceptors (Lipinski definition) is 4. The Morgan fingerprint density at radius 3 is 2.21 bits per heavy atom. The van der Waals surface area contributed by atoms with E-state index in [0.29, 0.717) is 31.5 Å². The molecule has 0 saturated carbocycles. The lowest BCUT2D eigenvalue weighted by molar-refractivity contribution is -0.126. The molecule has 0 radical (unpaired) electrons. The van der Waals surface area contributed by atoms with Crippen LogP contribution in [-0.2, 0) is 14.8 Å². The lowest BCUT2D eigenvalue weighted by Gasteiger charge is -2.31. The molecule has 3 aromatic carbocycles. The molecule has 1 heterocycles. The number of benzene rings is 3. The third-order valence-electron chi connectivity index (χ3n) is 6.36. The van der Waals surface area contributed by atoms with Gasteiger partial charge in [-0.25, -0.2) is 8.42 Å². The van der Waals surface area contributed by atoms with E-state index in [9.17, 15) is 18.0 Å². The number of sulfonamides is 1. The zero-order chi connectivity index (χ0) is 23.6. The third kappa shape index (κ3) is 4.99. The molecule has 6 nitrogen and oxygen atoms in total. The summed E-state index contributed by atoms with van der Waals surface area (Å²) in [6, 6.07) is 20.1. The summed E-state index contributed by atoms with van der Waals surface area (Å²) in [5, 5.41) is 5.38. The first-order valence-electron chi connectivity index (χ1n) is 11.2. The van der Waals surface area contributed by atoms with Gasteiger partial charge in [0.1, 0.15) is 0 Å². The number of amides is 1. The number of carbonyl (C=O) groups excluding carboxylic acids is 2. The summed E-state index contributed by atoms with van der Waals surface area (Å²) in [7, 11) is -3.65. The topological polar surface area (TPSA) is 83.6 Å². The molecular formula is C26H28N2O4S. The number of nitrogens with zero attached hydrogens (tertiary/aromatic N) is 1. The molecule has 0 unspecified atom stereocenters. The fourth-order valence-corrected chi connectivity index (χ4v) is 5.73. The predicted octanol–water partition coefficient (Wildman–Crippen LogP) is 4.32. The highest BCUT2D eigenvalue weighted by molar-refractivity contribution is 7.89. The first-order valence-corrected chi connectivity index (χ1v) is 12.6. The van der Waals surface area contributed by atoms with Gasteiger partial charge < -0.3 is 5.32 Å². The van der Waals surface area contributed by atoms with Crippen molar-refractivity contribution in [1.29, 1.82) is 0 Å². The van der Waals surface area contributed by atoms with Gasteiger partial charge in [0.25, 0.3) is 0 Å². The Bertz CT molecular complexity index is 1280. The minimum Gasteiger partial charge on any atom is -0.349 e. The number of fused-ring (bicyclic) bond motifs is 1. The van der Waals surface area contributed by atoms with Crippen LogP contribution in [0.5, 0.6) is 0 Å². The molecule has 1 aliphatic rings. The fourth-order valence-electron chi connectivity index (χ4n) is 4.26. The Hall–Kier alpha value is -3.03. The molecule has 1 aliphatic heterocycles. The second-order valence-electron chi connectivity index (χ2n) is 8.60. The predicted molar refractivity (Wildman–Crippen MR) is 128 cm³/mol. The van der Waals surface area contributed by atoms with E-state index in [1.54, 1.807) is 0 Å². The van der Waals surface area contributed by atoms with E-state index in [-0.39, 0.29) is 28.5 Å². The SMILES string of the molecule is CC(=O)c1ccc(S(=O)(=O)N2CCC(C(=O)N[C@@H](C)c3ccc4ccccc4c3)CC2)cc1. The summed E-state index contributed by atoms with van der Waals surface area (Å²) in [5.41, 5.74) is 1.51. The van der Waals surface area contributed by atoms with Crippen molar-refractivity contribution in [2.24, 2.45) is 5.92 Å². The van der Waals surface area contributed by atoms with Crippen LogP contribution in [0.1, 0.15) is 48.7 Å². The molecule has 1 fully saturated rings. The maximum atomic E-state index is 13.0. The first-order chi connectivity index (χ1) is 15.8. The maximum absolute atomic E-state index is 13.0. The quantitative estimate of drug-likeness (QED) is 0.551. The van der Waals surface area contributed by atoms with Crippen molar-refractivity contribution in [2.75, 3.05) is 13.1 Å². The Balaban J connectivity index is 1.36. The molecule has 0 spiro atoms. The van der Waals surface area contributed by atoms with Gasteiger partial charge in [-0.3, -0.25) is 9.59 Å². The van der Waals surface area contributed by atoms with Crippen molar-refractivity contribution in [1.82, 2.24) is 9.62 Å². The summed E-state index contributed by atoms with van der Waals surface area (Å²) < 4.78 is 27.3. The fraction of sp³-hybridized carbons (Fsp3) is 0.308. The average Bonchev–Trinajstić information content (AvgIpc) is 2.83. The van der Waals surface area contributed by atoms with E-state index in [2.05, 4.69) is 29.6 Å². The summed E-state index contributed by atoms with van der Waals surface area (Å²) in [4.78, 5) is 24.5. The summed E-state index contributed by atoms with van der Waals surface area (Å²) in [5.74, 6) is -0.373. The van der Waals surface area contributed by atoms with Gasteiger partial charge in [0, 0.05) is 24.6 Å². The molecule has 172 valence electrons. The highest BCUT2D eigenvalue weighted by Crippen LogP contribution is 2.26. The molecule has 1 N–H and O–H groups in total. The van der Waals surface area contributed by atoms with Crippen LogP contribution < -0.4 is 5.32 Å². The molecule has 3 aromatic rings. The Labute approximate surface area is 194 Å².